The zero-order chi connectivity index (χ0) is 21.4. The van der Waals surface area contributed by atoms with Gasteiger partial charge in [-0.1, -0.05) is 29.3 Å². The molecule has 0 bridgehead atoms. The molecule has 158 valence electrons. The molecule has 1 aliphatic heterocycles. The maximum Gasteiger partial charge on any atom is 0.292 e. The zero-order valence-electron chi connectivity index (χ0n) is 16.8. The minimum Gasteiger partial charge on any atom is -0.385 e. The quantitative estimate of drug-likeness (QED) is 0.661. The summed E-state index contributed by atoms with van der Waals surface area (Å²) in [4.78, 5) is 19.1. The van der Waals surface area contributed by atoms with E-state index in [2.05, 4.69) is 10.1 Å². The summed E-state index contributed by atoms with van der Waals surface area (Å²) in [6, 6.07) is 5.33. The van der Waals surface area contributed by atoms with Crippen LogP contribution in [-0.2, 0) is 7.05 Å². The molecule has 1 N–H and O–H groups in total. The smallest absolute Gasteiger partial charge is 0.292 e. The number of aromatic nitrogens is 4. The molecule has 0 saturated carbocycles. The zero-order valence-corrected chi connectivity index (χ0v) is 18.3. The van der Waals surface area contributed by atoms with Gasteiger partial charge in [0.1, 0.15) is 17.0 Å². The molecule has 0 radical (unpaired) electrons. The third-order valence-corrected chi connectivity index (χ3v) is 6.51. The number of anilines is 1. The largest absolute Gasteiger partial charge is 0.385 e. The summed E-state index contributed by atoms with van der Waals surface area (Å²) in [5, 5.41) is 15.7. The highest BCUT2D eigenvalue weighted by molar-refractivity contribution is 6.33. The number of rotatable bonds is 4. The lowest BCUT2D eigenvalue weighted by Crippen LogP contribution is -2.37. The standard InChI is InChI=1S/C21H23Cl2N5O2/c1-13-3-4-15(11-16(13)22)28-21(30)18(23)17(12-25-28)27-8-5-14(6-9-27)19(29)20-24-7-10-26(20)2/h3-4,7,10-12,14,19,29H,5-6,8-9H2,1-2H3. The molecule has 1 aliphatic rings. The van der Waals surface area contributed by atoms with Gasteiger partial charge in [-0.05, 0) is 43.4 Å². The Labute approximate surface area is 184 Å². The van der Waals surface area contributed by atoms with E-state index in [1.54, 1.807) is 24.5 Å². The lowest BCUT2D eigenvalue weighted by Gasteiger charge is -2.35. The van der Waals surface area contributed by atoms with Crippen LogP contribution in [0.1, 0.15) is 30.3 Å². The number of aliphatic hydroxyl groups is 1. The number of aliphatic hydroxyl groups excluding tert-OH is 1. The Bertz CT molecular complexity index is 1120. The van der Waals surface area contributed by atoms with Crippen molar-refractivity contribution in [2.75, 3.05) is 18.0 Å². The third-order valence-electron chi connectivity index (χ3n) is 5.75. The monoisotopic (exact) mass is 447 g/mol. The summed E-state index contributed by atoms with van der Waals surface area (Å²) in [6.45, 7) is 3.24. The summed E-state index contributed by atoms with van der Waals surface area (Å²) in [5.74, 6) is 0.775. The van der Waals surface area contributed by atoms with Crippen molar-refractivity contribution in [3.05, 3.63) is 68.6 Å². The third kappa shape index (κ3) is 3.85. The summed E-state index contributed by atoms with van der Waals surface area (Å²) in [5.41, 5.74) is 1.72. The number of aryl methyl sites for hydroxylation is 2. The van der Waals surface area contributed by atoms with Crippen molar-refractivity contribution in [3.63, 3.8) is 0 Å². The van der Waals surface area contributed by atoms with Crippen molar-refractivity contribution in [1.82, 2.24) is 19.3 Å². The molecule has 3 heterocycles. The van der Waals surface area contributed by atoms with Gasteiger partial charge < -0.3 is 14.6 Å². The highest BCUT2D eigenvalue weighted by atomic mass is 35.5. The first kappa shape index (κ1) is 20.9. The number of halogens is 2. The first-order valence-electron chi connectivity index (χ1n) is 9.81. The lowest BCUT2D eigenvalue weighted by molar-refractivity contribution is 0.0825. The maximum absolute atomic E-state index is 12.8. The van der Waals surface area contributed by atoms with Crippen molar-refractivity contribution >= 4 is 28.9 Å². The molecule has 7 nitrogen and oxygen atoms in total. The molecule has 4 rings (SSSR count). The Hall–Kier alpha value is -2.35. The fraction of sp³-hybridized carbons (Fsp3) is 0.381. The molecule has 0 aliphatic carbocycles. The molecule has 1 aromatic carbocycles. The van der Waals surface area contributed by atoms with Gasteiger partial charge in [-0.3, -0.25) is 4.79 Å². The van der Waals surface area contributed by atoms with Crippen LogP contribution in [-0.4, -0.2) is 37.5 Å². The molecule has 1 saturated heterocycles. The van der Waals surface area contributed by atoms with E-state index in [9.17, 15) is 9.90 Å². The molecule has 1 atom stereocenters. The van der Waals surface area contributed by atoms with Crippen molar-refractivity contribution < 1.29 is 5.11 Å². The second-order valence-corrected chi connectivity index (χ2v) is 8.45. The van der Waals surface area contributed by atoms with Crippen LogP contribution in [0, 0.1) is 12.8 Å². The second-order valence-electron chi connectivity index (χ2n) is 7.66. The van der Waals surface area contributed by atoms with Gasteiger partial charge in [0.2, 0.25) is 0 Å². The highest BCUT2D eigenvalue weighted by Crippen LogP contribution is 2.33. The molecule has 2 aromatic heterocycles. The molecule has 30 heavy (non-hydrogen) atoms. The van der Waals surface area contributed by atoms with Gasteiger partial charge in [0, 0.05) is 37.6 Å². The maximum atomic E-state index is 12.8. The van der Waals surface area contributed by atoms with Crippen LogP contribution >= 0.6 is 23.2 Å². The summed E-state index contributed by atoms with van der Waals surface area (Å²) in [6.07, 6.45) is 6.06. The van der Waals surface area contributed by atoms with Crippen LogP contribution in [0.5, 0.6) is 0 Å². The van der Waals surface area contributed by atoms with Crippen LogP contribution in [0.3, 0.4) is 0 Å². The highest BCUT2D eigenvalue weighted by Gasteiger charge is 2.29. The van der Waals surface area contributed by atoms with Gasteiger partial charge in [0.15, 0.2) is 0 Å². The molecule has 1 unspecified atom stereocenters. The van der Waals surface area contributed by atoms with Gasteiger partial charge in [-0.15, -0.1) is 0 Å². The Balaban J connectivity index is 1.52. The fourth-order valence-electron chi connectivity index (χ4n) is 3.87. The molecular weight excluding hydrogens is 425 g/mol. The molecule has 9 heteroatoms. The van der Waals surface area contributed by atoms with E-state index in [4.69, 9.17) is 23.2 Å². The van der Waals surface area contributed by atoms with Gasteiger partial charge in [0.05, 0.1) is 17.6 Å². The number of hydrogen-bond donors (Lipinski definition) is 1. The number of nitrogens with zero attached hydrogens (tertiary/aromatic N) is 5. The average molecular weight is 448 g/mol. The molecule has 1 fully saturated rings. The Kier molecular flexibility index (Phi) is 5.86. The van der Waals surface area contributed by atoms with E-state index in [0.717, 1.165) is 18.4 Å². The van der Waals surface area contributed by atoms with Crippen molar-refractivity contribution in [2.24, 2.45) is 13.0 Å². The van der Waals surface area contributed by atoms with E-state index in [0.29, 0.717) is 35.3 Å². The second kappa shape index (κ2) is 8.41. The summed E-state index contributed by atoms with van der Waals surface area (Å²) >= 11 is 12.6. The number of imidazole rings is 1. The van der Waals surface area contributed by atoms with Crippen LogP contribution < -0.4 is 10.5 Å². The minimum atomic E-state index is -0.611. The lowest BCUT2D eigenvalue weighted by atomic mass is 9.90. The minimum absolute atomic E-state index is 0.101. The normalized spacial score (nSPS) is 16.1. The molecule has 3 aromatic rings. The van der Waals surface area contributed by atoms with E-state index >= 15 is 0 Å². The Morgan fingerprint density at radius 2 is 1.97 bits per heavy atom. The summed E-state index contributed by atoms with van der Waals surface area (Å²) in [7, 11) is 1.88. The van der Waals surface area contributed by atoms with E-state index in [1.807, 2.05) is 35.7 Å². The van der Waals surface area contributed by atoms with Crippen molar-refractivity contribution in [1.29, 1.82) is 0 Å². The van der Waals surface area contributed by atoms with Crippen LogP contribution in [0.25, 0.3) is 5.69 Å². The summed E-state index contributed by atoms with van der Waals surface area (Å²) < 4.78 is 3.10. The molecule has 0 spiro atoms. The number of hydrogen-bond acceptors (Lipinski definition) is 5. The topological polar surface area (TPSA) is 76.2 Å². The predicted molar refractivity (Wildman–Crippen MR) is 118 cm³/mol. The van der Waals surface area contributed by atoms with Crippen molar-refractivity contribution in [3.8, 4) is 5.69 Å². The van der Waals surface area contributed by atoms with Gasteiger partial charge in [0.25, 0.3) is 5.56 Å². The number of piperidine rings is 1. The van der Waals surface area contributed by atoms with E-state index < -0.39 is 6.10 Å². The van der Waals surface area contributed by atoms with Crippen LogP contribution in [0.4, 0.5) is 5.69 Å². The predicted octanol–water partition coefficient (Wildman–Crippen LogP) is 3.53. The molecular formula is C21H23Cl2N5O2. The van der Waals surface area contributed by atoms with E-state index in [1.165, 1.54) is 4.68 Å². The van der Waals surface area contributed by atoms with Gasteiger partial charge >= 0.3 is 0 Å². The van der Waals surface area contributed by atoms with Crippen LogP contribution in [0.2, 0.25) is 10.0 Å². The Morgan fingerprint density at radius 1 is 1.23 bits per heavy atom. The Morgan fingerprint density at radius 3 is 2.60 bits per heavy atom. The fourth-order valence-corrected chi connectivity index (χ4v) is 4.29. The molecule has 0 amide bonds. The van der Waals surface area contributed by atoms with Crippen molar-refractivity contribution in [2.45, 2.75) is 25.9 Å². The first-order chi connectivity index (χ1) is 14.4. The first-order valence-corrected chi connectivity index (χ1v) is 10.6. The number of benzene rings is 1. The van der Waals surface area contributed by atoms with E-state index in [-0.39, 0.29) is 16.5 Å². The van der Waals surface area contributed by atoms with Gasteiger partial charge in [-0.25, -0.2) is 4.98 Å². The van der Waals surface area contributed by atoms with Crippen LogP contribution in [0.15, 0.2) is 41.6 Å². The van der Waals surface area contributed by atoms with Gasteiger partial charge in [-0.2, -0.15) is 9.78 Å². The average Bonchev–Trinajstić information content (AvgIpc) is 3.17. The SMILES string of the molecule is Cc1ccc(-n2ncc(N3CCC(C(O)c4nccn4C)CC3)c(Cl)c2=O)cc1Cl.